The molecule has 3 nitrogen and oxygen atoms in total. The van der Waals surface area contributed by atoms with Gasteiger partial charge in [0, 0.05) is 17.8 Å². The zero-order chi connectivity index (χ0) is 14.0. The first-order valence-corrected chi connectivity index (χ1v) is 7.41. The second-order valence-corrected chi connectivity index (χ2v) is 6.13. The number of aliphatic hydroxyl groups excluding tert-OH is 1. The molecule has 0 aliphatic heterocycles. The quantitative estimate of drug-likeness (QED) is 0.907. The van der Waals surface area contributed by atoms with Crippen LogP contribution in [-0.4, -0.2) is 16.6 Å². The minimum absolute atomic E-state index is 0.253. The van der Waals surface area contributed by atoms with Gasteiger partial charge in [0.05, 0.1) is 20.7 Å². The fourth-order valence-electron chi connectivity index (χ4n) is 1.91. The summed E-state index contributed by atoms with van der Waals surface area (Å²) in [4.78, 5) is 4.30. The third-order valence-electron chi connectivity index (χ3n) is 2.95. The van der Waals surface area contributed by atoms with E-state index in [1.165, 1.54) is 11.3 Å². The van der Waals surface area contributed by atoms with Crippen molar-refractivity contribution in [3.8, 4) is 0 Å². The van der Waals surface area contributed by atoms with Gasteiger partial charge in [-0.1, -0.05) is 29.3 Å². The first-order valence-electron chi connectivity index (χ1n) is 5.78. The van der Waals surface area contributed by atoms with Gasteiger partial charge >= 0.3 is 0 Å². The molecule has 0 aliphatic carbocycles. The van der Waals surface area contributed by atoms with Crippen LogP contribution in [0.15, 0.2) is 23.6 Å². The number of nitrogens with two attached hydrogens (primary N) is 1. The van der Waals surface area contributed by atoms with Crippen molar-refractivity contribution in [2.45, 2.75) is 18.9 Å². The lowest BCUT2D eigenvalue weighted by atomic mass is 9.92. The van der Waals surface area contributed by atoms with Gasteiger partial charge in [-0.2, -0.15) is 0 Å². The number of hydrogen-bond donors (Lipinski definition) is 2. The lowest BCUT2D eigenvalue weighted by Crippen LogP contribution is -2.20. The van der Waals surface area contributed by atoms with E-state index in [9.17, 15) is 5.11 Å². The average Bonchev–Trinajstić information content (AvgIpc) is 2.81. The molecular weight excluding hydrogens is 303 g/mol. The van der Waals surface area contributed by atoms with E-state index in [1.54, 1.807) is 12.1 Å². The Labute approximate surface area is 126 Å². The van der Waals surface area contributed by atoms with Crippen LogP contribution >= 0.6 is 34.5 Å². The van der Waals surface area contributed by atoms with Crippen LogP contribution in [0.2, 0.25) is 10.0 Å². The van der Waals surface area contributed by atoms with E-state index in [0.29, 0.717) is 22.3 Å². The molecule has 2 unspecified atom stereocenters. The van der Waals surface area contributed by atoms with Gasteiger partial charge < -0.3 is 10.8 Å². The first kappa shape index (κ1) is 14.8. The van der Waals surface area contributed by atoms with Crippen molar-refractivity contribution in [2.24, 2.45) is 5.73 Å². The molecule has 3 N–H and O–H groups in total. The van der Waals surface area contributed by atoms with Crippen molar-refractivity contribution < 1.29 is 5.11 Å². The van der Waals surface area contributed by atoms with Crippen molar-refractivity contribution in [3.63, 3.8) is 0 Å². The molecule has 1 aromatic heterocycles. The van der Waals surface area contributed by atoms with Crippen LogP contribution in [0.4, 0.5) is 0 Å². The molecule has 0 radical (unpaired) electrons. The fourth-order valence-corrected chi connectivity index (χ4v) is 2.86. The lowest BCUT2D eigenvalue weighted by Gasteiger charge is -2.21. The summed E-state index contributed by atoms with van der Waals surface area (Å²) in [5, 5.41) is 14.1. The molecule has 0 aliphatic rings. The number of halogens is 2. The number of aryl methyl sites for hydroxylation is 1. The normalized spacial score (nSPS) is 14.4. The summed E-state index contributed by atoms with van der Waals surface area (Å²) in [6, 6.07) is 5.28. The SMILES string of the molecule is Cc1nc(C(O)C(CN)c2ccc(Cl)c(Cl)c2)cs1. The molecule has 1 heterocycles. The lowest BCUT2D eigenvalue weighted by molar-refractivity contribution is 0.143. The Balaban J connectivity index is 2.30. The molecule has 0 saturated heterocycles. The molecule has 0 saturated carbocycles. The van der Waals surface area contributed by atoms with E-state index < -0.39 is 6.10 Å². The van der Waals surface area contributed by atoms with Crippen LogP contribution < -0.4 is 5.73 Å². The van der Waals surface area contributed by atoms with Crippen molar-refractivity contribution in [1.29, 1.82) is 0 Å². The Morgan fingerprint density at radius 1 is 1.37 bits per heavy atom. The molecule has 0 spiro atoms. The second kappa shape index (κ2) is 6.20. The Bertz CT molecular complexity index is 574. The van der Waals surface area contributed by atoms with E-state index in [1.807, 2.05) is 18.4 Å². The van der Waals surface area contributed by atoms with Gasteiger partial charge in [-0.25, -0.2) is 4.98 Å². The number of rotatable bonds is 4. The van der Waals surface area contributed by atoms with E-state index in [2.05, 4.69) is 4.98 Å². The predicted molar refractivity (Wildman–Crippen MR) is 80.1 cm³/mol. The topological polar surface area (TPSA) is 59.1 Å². The molecule has 2 atom stereocenters. The van der Waals surface area contributed by atoms with Crippen LogP contribution in [0.1, 0.15) is 28.3 Å². The third-order valence-corrected chi connectivity index (χ3v) is 4.48. The van der Waals surface area contributed by atoms with Crippen molar-refractivity contribution >= 4 is 34.5 Å². The molecule has 0 bridgehead atoms. The largest absolute Gasteiger partial charge is 0.386 e. The summed E-state index contributed by atoms with van der Waals surface area (Å²) in [7, 11) is 0. The van der Waals surface area contributed by atoms with Crippen LogP contribution in [0.25, 0.3) is 0 Å². The Morgan fingerprint density at radius 2 is 2.11 bits per heavy atom. The predicted octanol–water partition coefficient (Wildman–Crippen LogP) is 3.53. The Kier molecular flexibility index (Phi) is 4.81. The van der Waals surface area contributed by atoms with Crippen molar-refractivity contribution in [2.75, 3.05) is 6.54 Å². The summed E-state index contributed by atoms with van der Waals surface area (Å²) >= 11 is 13.4. The number of aromatic nitrogens is 1. The maximum atomic E-state index is 10.4. The van der Waals surface area contributed by atoms with Crippen LogP contribution in [0.3, 0.4) is 0 Å². The summed E-state index contributed by atoms with van der Waals surface area (Å²) < 4.78 is 0. The minimum atomic E-state index is -0.743. The van der Waals surface area contributed by atoms with E-state index in [-0.39, 0.29) is 5.92 Å². The highest BCUT2D eigenvalue weighted by atomic mass is 35.5. The zero-order valence-corrected chi connectivity index (χ0v) is 12.6. The molecule has 0 fully saturated rings. The van der Waals surface area contributed by atoms with E-state index in [0.717, 1.165) is 10.6 Å². The smallest absolute Gasteiger partial charge is 0.105 e. The maximum absolute atomic E-state index is 10.4. The Hall–Kier alpha value is -0.650. The summed E-state index contributed by atoms with van der Waals surface area (Å²) in [6.45, 7) is 2.20. The van der Waals surface area contributed by atoms with E-state index >= 15 is 0 Å². The van der Waals surface area contributed by atoms with Gasteiger partial charge in [-0.15, -0.1) is 11.3 Å². The van der Waals surface area contributed by atoms with Gasteiger partial charge in [-0.05, 0) is 24.6 Å². The minimum Gasteiger partial charge on any atom is -0.386 e. The van der Waals surface area contributed by atoms with Gasteiger partial charge in [-0.3, -0.25) is 0 Å². The molecule has 0 amide bonds. The number of thiazole rings is 1. The van der Waals surface area contributed by atoms with Crippen LogP contribution in [0.5, 0.6) is 0 Å². The van der Waals surface area contributed by atoms with Crippen LogP contribution in [0, 0.1) is 6.92 Å². The van der Waals surface area contributed by atoms with E-state index in [4.69, 9.17) is 28.9 Å². The molecule has 19 heavy (non-hydrogen) atoms. The number of nitrogens with zero attached hydrogens (tertiary/aromatic N) is 1. The second-order valence-electron chi connectivity index (χ2n) is 4.25. The molecule has 2 aromatic rings. The third kappa shape index (κ3) is 3.27. The van der Waals surface area contributed by atoms with Gasteiger partial charge in [0.15, 0.2) is 0 Å². The van der Waals surface area contributed by atoms with Gasteiger partial charge in [0.25, 0.3) is 0 Å². The Morgan fingerprint density at radius 3 is 2.63 bits per heavy atom. The average molecular weight is 317 g/mol. The highest BCUT2D eigenvalue weighted by Crippen LogP contribution is 2.33. The highest BCUT2D eigenvalue weighted by molar-refractivity contribution is 7.09. The molecule has 2 rings (SSSR count). The highest BCUT2D eigenvalue weighted by Gasteiger charge is 2.24. The van der Waals surface area contributed by atoms with Crippen molar-refractivity contribution in [3.05, 3.63) is 49.9 Å². The maximum Gasteiger partial charge on any atom is 0.105 e. The summed E-state index contributed by atoms with van der Waals surface area (Å²) in [5.74, 6) is -0.253. The zero-order valence-electron chi connectivity index (χ0n) is 10.3. The molecular formula is C13H14Cl2N2OS. The number of hydrogen-bond acceptors (Lipinski definition) is 4. The van der Waals surface area contributed by atoms with Gasteiger partial charge in [0.2, 0.25) is 0 Å². The first-order chi connectivity index (χ1) is 9.02. The van der Waals surface area contributed by atoms with Crippen molar-refractivity contribution in [1.82, 2.24) is 4.98 Å². The monoisotopic (exact) mass is 316 g/mol. The molecule has 1 aromatic carbocycles. The fraction of sp³-hybridized carbons (Fsp3) is 0.308. The standard InChI is InChI=1S/C13H14Cl2N2OS/c1-7-17-12(6-19-7)13(18)9(5-16)8-2-3-10(14)11(15)4-8/h2-4,6,9,13,18H,5,16H2,1H3. The molecule has 102 valence electrons. The summed E-state index contributed by atoms with van der Waals surface area (Å²) in [6.07, 6.45) is -0.743. The number of benzene rings is 1. The van der Waals surface area contributed by atoms with Crippen LogP contribution in [-0.2, 0) is 0 Å². The van der Waals surface area contributed by atoms with Gasteiger partial charge in [0.1, 0.15) is 6.10 Å². The number of aliphatic hydroxyl groups is 1. The summed E-state index contributed by atoms with van der Waals surface area (Å²) in [5.41, 5.74) is 7.28. The molecule has 6 heteroatoms.